The summed E-state index contributed by atoms with van der Waals surface area (Å²) in [5, 5.41) is 0.569. The van der Waals surface area contributed by atoms with Gasteiger partial charge in [0, 0.05) is 6.20 Å². The fourth-order valence-corrected chi connectivity index (χ4v) is 1.28. The van der Waals surface area contributed by atoms with Crippen LogP contribution in [0.25, 0.3) is 5.78 Å². The normalized spacial score (nSPS) is 10.7. The standard InChI is InChI=1S/C6H3BrClN3/c7-4-1-2-11-5(8)3-9-6(11)10-4/h1-3H. The van der Waals surface area contributed by atoms with Gasteiger partial charge in [0.15, 0.2) is 0 Å². The second-order valence-electron chi connectivity index (χ2n) is 2.00. The average molecular weight is 232 g/mol. The van der Waals surface area contributed by atoms with E-state index in [4.69, 9.17) is 11.6 Å². The van der Waals surface area contributed by atoms with Crippen LogP contribution >= 0.6 is 27.5 Å². The third kappa shape index (κ3) is 1.12. The Bertz CT molecular complexity index is 398. The van der Waals surface area contributed by atoms with Crippen molar-refractivity contribution in [3.63, 3.8) is 0 Å². The fraction of sp³-hybridized carbons (Fsp3) is 0. The van der Waals surface area contributed by atoms with Crippen LogP contribution < -0.4 is 0 Å². The topological polar surface area (TPSA) is 30.2 Å². The van der Waals surface area contributed by atoms with E-state index in [0.717, 1.165) is 4.60 Å². The van der Waals surface area contributed by atoms with Gasteiger partial charge in [0.05, 0.1) is 6.20 Å². The highest BCUT2D eigenvalue weighted by atomic mass is 79.9. The van der Waals surface area contributed by atoms with E-state index >= 15 is 0 Å². The molecule has 0 saturated carbocycles. The average Bonchev–Trinajstić information content (AvgIpc) is 2.32. The Morgan fingerprint density at radius 3 is 3.18 bits per heavy atom. The van der Waals surface area contributed by atoms with Crippen LogP contribution in [0.4, 0.5) is 0 Å². The summed E-state index contributed by atoms with van der Waals surface area (Å²) in [4.78, 5) is 8.05. The van der Waals surface area contributed by atoms with Crippen LogP contribution in [0.15, 0.2) is 23.1 Å². The Morgan fingerprint density at radius 2 is 2.36 bits per heavy atom. The lowest BCUT2D eigenvalue weighted by Gasteiger charge is -1.92. The van der Waals surface area contributed by atoms with E-state index in [-0.39, 0.29) is 0 Å². The minimum atomic E-state index is 0.569. The number of halogens is 2. The molecule has 3 nitrogen and oxygen atoms in total. The van der Waals surface area contributed by atoms with Crippen molar-refractivity contribution in [2.45, 2.75) is 0 Å². The van der Waals surface area contributed by atoms with Crippen molar-refractivity contribution in [1.82, 2.24) is 14.4 Å². The molecule has 11 heavy (non-hydrogen) atoms. The van der Waals surface area contributed by atoms with E-state index in [1.807, 2.05) is 6.20 Å². The predicted octanol–water partition coefficient (Wildman–Crippen LogP) is 2.15. The molecular formula is C6H3BrClN3. The first-order valence-electron chi connectivity index (χ1n) is 2.92. The Hall–Kier alpha value is -0.610. The monoisotopic (exact) mass is 231 g/mol. The van der Waals surface area contributed by atoms with Gasteiger partial charge in [-0.15, -0.1) is 0 Å². The third-order valence-corrected chi connectivity index (χ3v) is 2.02. The SMILES string of the molecule is Clc1cnc2nc(Br)ccn12. The smallest absolute Gasteiger partial charge is 0.235 e. The van der Waals surface area contributed by atoms with Crippen LogP contribution in [0.3, 0.4) is 0 Å². The molecule has 0 saturated heterocycles. The Balaban J connectivity index is 2.86. The van der Waals surface area contributed by atoms with Gasteiger partial charge in [-0.1, -0.05) is 11.6 Å². The van der Waals surface area contributed by atoms with Crippen LogP contribution in [0, 0.1) is 0 Å². The van der Waals surface area contributed by atoms with E-state index in [1.165, 1.54) is 0 Å². The molecule has 0 N–H and O–H groups in total. The molecule has 0 aliphatic rings. The van der Waals surface area contributed by atoms with Gasteiger partial charge in [-0.2, -0.15) is 0 Å². The lowest BCUT2D eigenvalue weighted by atomic mass is 10.7. The lowest BCUT2D eigenvalue weighted by Crippen LogP contribution is -1.87. The molecule has 56 valence electrons. The lowest BCUT2D eigenvalue weighted by molar-refractivity contribution is 1.09. The highest BCUT2D eigenvalue weighted by Crippen LogP contribution is 2.12. The summed E-state index contributed by atoms with van der Waals surface area (Å²) in [5.74, 6) is 0.601. The molecule has 0 unspecified atom stereocenters. The second-order valence-corrected chi connectivity index (χ2v) is 3.20. The highest BCUT2D eigenvalue weighted by molar-refractivity contribution is 9.10. The zero-order valence-electron chi connectivity index (χ0n) is 5.33. The van der Waals surface area contributed by atoms with E-state index < -0.39 is 0 Å². The van der Waals surface area contributed by atoms with E-state index in [9.17, 15) is 0 Å². The molecule has 2 aromatic rings. The summed E-state index contributed by atoms with van der Waals surface area (Å²) in [5.41, 5.74) is 0. The molecule has 2 heterocycles. The van der Waals surface area contributed by atoms with Crippen molar-refractivity contribution in [2.24, 2.45) is 0 Å². The molecule has 0 bridgehead atoms. The zero-order chi connectivity index (χ0) is 7.84. The van der Waals surface area contributed by atoms with E-state index in [1.54, 1.807) is 16.7 Å². The predicted molar refractivity (Wildman–Crippen MR) is 45.7 cm³/mol. The number of nitrogens with zero attached hydrogens (tertiary/aromatic N) is 3. The maximum absolute atomic E-state index is 5.77. The van der Waals surface area contributed by atoms with Crippen LogP contribution in [-0.2, 0) is 0 Å². The molecular weight excluding hydrogens is 229 g/mol. The Labute approximate surface area is 76.2 Å². The highest BCUT2D eigenvalue weighted by Gasteiger charge is 2.00. The zero-order valence-corrected chi connectivity index (χ0v) is 7.67. The fourth-order valence-electron chi connectivity index (χ4n) is 0.820. The first-order valence-corrected chi connectivity index (χ1v) is 4.09. The van der Waals surface area contributed by atoms with E-state index in [0.29, 0.717) is 10.9 Å². The molecule has 0 spiro atoms. The number of fused-ring (bicyclic) bond motifs is 1. The molecule has 0 aromatic carbocycles. The molecule has 5 heteroatoms. The minimum absolute atomic E-state index is 0.569. The molecule has 0 atom stereocenters. The number of rotatable bonds is 0. The summed E-state index contributed by atoms with van der Waals surface area (Å²) >= 11 is 9.00. The number of hydrogen-bond acceptors (Lipinski definition) is 2. The van der Waals surface area contributed by atoms with Crippen molar-refractivity contribution >= 4 is 33.3 Å². The van der Waals surface area contributed by atoms with Gasteiger partial charge in [-0.3, -0.25) is 4.40 Å². The van der Waals surface area contributed by atoms with Gasteiger partial charge in [0.1, 0.15) is 9.76 Å². The third-order valence-electron chi connectivity index (χ3n) is 1.30. The largest absolute Gasteiger partial charge is 0.274 e. The first-order chi connectivity index (χ1) is 5.27. The van der Waals surface area contributed by atoms with E-state index in [2.05, 4.69) is 25.9 Å². The molecule has 0 radical (unpaired) electrons. The van der Waals surface area contributed by atoms with Crippen LogP contribution in [0.2, 0.25) is 5.15 Å². The summed E-state index contributed by atoms with van der Waals surface area (Å²) in [6.45, 7) is 0. The second kappa shape index (κ2) is 2.46. The minimum Gasteiger partial charge on any atom is -0.274 e. The molecule has 2 rings (SSSR count). The summed E-state index contributed by atoms with van der Waals surface area (Å²) in [7, 11) is 0. The summed E-state index contributed by atoms with van der Waals surface area (Å²) in [6, 6.07) is 1.81. The van der Waals surface area contributed by atoms with Gasteiger partial charge < -0.3 is 0 Å². The molecule has 0 aliphatic heterocycles. The van der Waals surface area contributed by atoms with Crippen molar-refractivity contribution < 1.29 is 0 Å². The molecule has 2 aromatic heterocycles. The Morgan fingerprint density at radius 1 is 1.55 bits per heavy atom. The van der Waals surface area contributed by atoms with Crippen molar-refractivity contribution in [2.75, 3.05) is 0 Å². The van der Waals surface area contributed by atoms with Gasteiger partial charge >= 0.3 is 0 Å². The van der Waals surface area contributed by atoms with Crippen molar-refractivity contribution in [3.05, 3.63) is 28.2 Å². The maximum Gasteiger partial charge on any atom is 0.235 e. The molecule has 0 aliphatic carbocycles. The first kappa shape index (κ1) is 7.06. The number of hydrogen-bond donors (Lipinski definition) is 0. The van der Waals surface area contributed by atoms with Crippen molar-refractivity contribution in [3.8, 4) is 0 Å². The van der Waals surface area contributed by atoms with Gasteiger partial charge in [0.25, 0.3) is 0 Å². The van der Waals surface area contributed by atoms with Gasteiger partial charge in [-0.25, -0.2) is 9.97 Å². The summed E-state index contributed by atoms with van der Waals surface area (Å²) in [6.07, 6.45) is 3.37. The number of imidazole rings is 1. The van der Waals surface area contributed by atoms with Gasteiger partial charge in [0.2, 0.25) is 5.78 Å². The van der Waals surface area contributed by atoms with Crippen LogP contribution in [0.1, 0.15) is 0 Å². The van der Waals surface area contributed by atoms with Crippen molar-refractivity contribution in [1.29, 1.82) is 0 Å². The molecule has 0 fully saturated rings. The number of aromatic nitrogens is 3. The quantitative estimate of drug-likeness (QED) is 0.652. The van der Waals surface area contributed by atoms with Crippen LogP contribution in [-0.4, -0.2) is 14.4 Å². The summed E-state index contributed by atoms with van der Waals surface area (Å²) < 4.78 is 2.46. The van der Waals surface area contributed by atoms with Gasteiger partial charge in [-0.05, 0) is 22.0 Å². The molecule has 0 amide bonds. The maximum atomic E-state index is 5.77. The van der Waals surface area contributed by atoms with Crippen LogP contribution in [0.5, 0.6) is 0 Å². The Kier molecular flexibility index (Phi) is 1.58.